The number of fused-ring (bicyclic) bond motifs is 1. The second-order valence-corrected chi connectivity index (χ2v) is 6.74. The molecule has 0 atom stereocenters. The Bertz CT molecular complexity index is 507. The van der Waals surface area contributed by atoms with Gasteiger partial charge >= 0.3 is 0 Å². The van der Waals surface area contributed by atoms with E-state index in [0.717, 1.165) is 35.4 Å². The van der Waals surface area contributed by atoms with Crippen LogP contribution in [0.25, 0.3) is 4.96 Å². The molecule has 0 unspecified atom stereocenters. The lowest BCUT2D eigenvalue weighted by Gasteiger charge is -2.08. The van der Waals surface area contributed by atoms with Crippen molar-refractivity contribution in [1.29, 1.82) is 0 Å². The topological polar surface area (TPSA) is 38.6 Å². The Labute approximate surface area is 122 Å². The number of thioether (sulfide) groups is 1. The summed E-state index contributed by atoms with van der Waals surface area (Å²) >= 11 is 3.45. The van der Waals surface area contributed by atoms with Crippen LogP contribution in [0, 0.1) is 5.92 Å². The number of nitrogens with one attached hydrogen (secondary N) is 1. The summed E-state index contributed by atoms with van der Waals surface area (Å²) in [6.45, 7) is 7.09. The maximum absolute atomic E-state index is 5.10. The van der Waals surface area contributed by atoms with Crippen LogP contribution in [0.4, 0.5) is 0 Å². The highest BCUT2D eigenvalue weighted by Crippen LogP contribution is 2.25. The minimum Gasteiger partial charge on any atom is -0.384 e. The van der Waals surface area contributed by atoms with Gasteiger partial charge in [0.25, 0.3) is 0 Å². The molecule has 0 fully saturated rings. The van der Waals surface area contributed by atoms with Gasteiger partial charge in [-0.2, -0.15) is 0 Å². The zero-order chi connectivity index (χ0) is 13.7. The van der Waals surface area contributed by atoms with Gasteiger partial charge in [0.05, 0.1) is 12.3 Å². The molecule has 2 heterocycles. The second-order valence-electron chi connectivity index (χ2n) is 4.79. The molecule has 2 rings (SSSR count). The molecule has 0 amide bonds. The quantitative estimate of drug-likeness (QED) is 0.601. The largest absolute Gasteiger partial charge is 0.384 e. The third kappa shape index (κ3) is 3.95. The Balaban J connectivity index is 2.07. The summed E-state index contributed by atoms with van der Waals surface area (Å²) in [6.07, 6.45) is 2.10. The Kier molecular flexibility index (Phi) is 5.69. The molecule has 0 aliphatic carbocycles. The Hall–Kier alpha value is -0.560. The maximum Gasteiger partial charge on any atom is 0.194 e. The van der Waals surface area contributed by atoms with Crippen LogP contribution >= 0.6 is 23.1 Å². The zero-order valence-electron chi connectivity index (χ0n) is 11.7. The van der Waals surface area contributed by atoms with Gasteiger partial charge in [0.15, 0.2) is 4.96 Å². The first-order valence-corrected chi connectivity index (χ1v) is 8.35. The van der Waals surface area contributed by atoms with Crippen LogP contribution in [0.15, 0.2) is 16.6 Å². The average molecular weight is 299 g/mol. The van der Waals surface area contributed by atoms with E-state index in [0.29, 0.717) is 5.92 Å². The summed E-state index contributed by atoms with van der Waals surface area (Å²) in [5.41, 5.74) is 1.26. The Morgan fingerprint density at radius 3 is 3.11 bits per heavy atom. The fourth-order valence-electron chi connectivity index (χ4n) is 1.79. The number of aromatic nitrogens is 2. The van der Waals surface area contributed by atoms with Gasteiger partial charge in [-0.05, 0) is 12.5 Å². The highest BCUT2D eigenvalue weighted by Gasteiger charge is 2.13. The lowest BCUT2D eigenvalue weighted by Crippen LogP contribution is -2.20. The molecule has 0 aliphatic rings. The molecule has 0 bridgehead atoms. The SMILES string of the molecule is COCCSc1nc2sccn2c1CNCC(C)C. The molecule has 2 aromatic rings. The molecule has 0 spiro atoms. The average Bonchev–Trinajstić information content (AvgIpc) is 2.92. The van der Waals surface area contributed by atoms with E-state index in [1.54, 1.807) is 30.2 Å². The minimum atomic E-state index is 0.662. The molecular formula is C13H21N3OS2. The molecule has 1 N–H and O–H groups in total. The first-order valence-electron chi connectivity index (χ1n) is 6.49. The molecule has 19 heavy (non-hydrogen) atoms. The standard InChI is InChI=1S/C13H21N3OS2/c1-10(2)8-14-9-11-12(18-7-5-17-3)15-13-16(11)4-6-19-13/h4,6,10,14H,5,7-9H2,1-3H3. The van der Waals surface area contributed by atoms with Crippen molar-refractivity contribution < 1.29 is 4.74 Å². The molecule has 106 valence electrons. The molecule has 2 aromatic heterocycles. The van der Waals surface area contributed by atoms with Gasteiger partial charge in [0.1, 0.15) is 5.03 Å². The van der Waals surface area contributed by atoms with Crippen molar-refractivity contribution in [1.82, 2.24) is 14.7 Å². The van der Waals surface area contributed by atoms with Crippen LogP contribution < -0.4 is 5.32 Å². The molecule has 0 radical (unpaired) electrons. The Morgan fingerprint density at radius 1 is 1.53 bits per heavy atom. The van der Waals surface area contributed by atoms with E-state index in [1.807, 2.05) is 0 Å². The van der Waals surface area contributed by atoms with Crippen LogP contribution in [-0.2, 0) is 11.3 Å². The normalized spacial score (nSPS) is 11.8. The number of thiazole rings is 1. The van der Waals surface area contributed by atoms with E-state index in [2.05, 4.69) is 35.1 Å². The Morgan fingerprint density at radius 2 is 2.37 bits per heavy atom. The van der Waals surface area contributed by atoms with Crippen molar-refractivity contribution in [2.24, 2.45) is 5.92 Å². The van der Waals surface area contributed by atoms with Crippen molar-refractivity contribution in [2.45, 2.75) is 25.4 Å². The smallest absolute Gasteiger partial charge is 0.194 e. The van der Waals surface area contributed by atoms with Crippen LogP contribution in [0.1, 0.15) is 19.5 Å². The van der Waals surface area contributed by atoms with Gasteiger partial charge < -0.3 is 10.1 Å². The highest BCUT2D eigenvalue weighted by atomic mass is 32.2. The van der Waals surface area contributed by atoms with E-state index in [4.69, 9.17) is 9.72 Å². The second kappa shape index (κ2) is 7.28. The molecule has 6 heteroatoms. The lowest BCUT2D eigenvalue weighted by atomic mass is 10.2. The fourth-order valence-corrected chi connectivity index (χ4v) is 3.51. The van der Waals surface area contributed by atoms with E-state index in [1.165, 1.54) is 5.69 Å². The van der Waals surface area contributed by atoms with Crippen molar-refractivity contribution in [3.05, 3.63) is 17.3 Å². The number of hydrogen-bond donors (Lipinski definition) is 1. The van der Waals surface area contributed by atoms with Crippen LogP contribution in [0.2, 0.25) is 0 Å². The lowest BCUT2D eigenvalue weighted by molar-refractivity contribution is 0.218. The van der Waals surface area contributed by atoms with Gasteiger partial charge in [-0.25, -0.2) is 4.98 Å². The molecule has 4 nitrogen and oxygen atoms in total. The third-order valence-electron chi connectivity index (χ3n) is 2.70. The predicted molar refractivity (Wildman–Crippen MR) is 82.2 cm³/mol. The predicted octanol–water partition coefficient (Wildman–Crippen LogP) is 2.88. The van der Waals surface area contributed by atoms with E-state index < -0.39 is 0 Å². The van der Waals surface area contributed by atoms with Crippen molar-refractivity contribution in [2.75, 3.05) is 26.0 Å². The first kappa shape index (κ1) is 14.8. The van der Waals surface area contributed by atoms with Crippen LogP contribution in [0.3, 0.4) is 0 Å². The summed E-state index contributed by atoms with van der Waals surface area (Å²) in [5.74, 6) is 1.61. The number of rotatable bonds is 8. The first-order chi connectivity index (χ1) is 9.22. The van der Waals surface area contributed by atoms with Crippen LogP contribution in [-0.4, -0.2) is 35.4 Å². The molecular weight excluding hydrogens is 278 g/mol. The van der Waals surface area contributed by atoms with Gasteiger partial charge in [-0.1, -0.05) is 13.8 Å². The van der Waals surface area contributed by atoms with Crippen molar-refractivity contribution >= 4 is 28.1 Å². The summed E-state index contributed by atoms with van der Waals surface area (Å²) in [6, 6.07) is 0. The monoisotopic (exact) mass is 299 g/mol. The van der Waals surface area contributed by atoms with Gasteiger partial charge in [-0.15, -0.1) is 23.1 Å². The van der Waals surface area contributed by atoms with Gasteiger partial charge in [-0.3, -0.25) is 4.40 Å². The van der Waals surface area contributed by atoms with E-state index >= 15 is 0 Å². The van der Waals surface area contributed by atoms with E-state index in [9.17, 15) is 0 Å². The number of methoxy groups -OCH3 is 1. The fraction of sp³-hybridized carbons (Fsp3) is 0.615. The minimum absolute atomic E-state index is 0.662. The van der Waals surface area contributed by atoms with Crippen LogP contribution in [0.5, 0.6) is 0 Å². The zero-order valence-corrected chi connectivity index (χ0v) is 13.3. The summed E-state index contributed by atoms with van der Waals surface area (Å²) < 4.78 is 7.29. The van der Waals surface area contributed by atoms with Gasteiger partial charge in [0.2, 0.25) is 0 Å². The summed E-state index contributed by atoms with van der Waals surface area (Å²) in [4.78, 5) is 5.76. The van der Waals surface area contributed by atoms with Crippen molar-refractivity contribution in [3.63, 3.8) is 0 Å². The van der Waals surface area contributed by atoms with Gasteiger partial charge in [0, 0.05) is 31.0 Å². The molecule has 0 aromatic carbocycles. The third-order valence-corrected chi connectivity index (χ3v) is 4.42. The molecule has 0 saturated carbocycles. The van der Waals surface area contributed by atoms with E-state index in [-0.39, 0.29) is 0 Å². The number of imidazole rings is 1. The van der Waals surface area contributed by atoms with Crippen molar-refractivity contribution in [3.8, 4) is 0 Å². The number of hydrogen-bond acceptors (Lipinski definition) is 5. The summed E-state index contributed by atoms with van der Waals surface area (Å²) in [5, 5.41) is 6.71. The number of nitrogens with zero attached hydrogens (tertiary/aromatic N) is 2. The maximum atomic E-state index is 5.10. The molecule has 0 saturated heterocycles. The molecule has 0 aliphatic heterocycles. The number of ether oxygens (including phenoxy) is 1. The highest BCUT2D eigenvalue weighted by molar-refractivity contribution is 7.99. The summed E-state index contributed by atoms with van der Waals surface area (Å²) in [7, 11) is 1.73.